The molecule has 4 nitrogen and oxygen atoms in total. The number of ether oxygens (including phenoxy) is 1. The first-order chi connectivity index (χ1) is 14.5. The molecular formula is C25H30N2O2S. The molecule has 1 aromatic heterocycles. The monoisotopic (exact) mass is 422 g/mol. The van der Waals surface area contributed by atoms with Crippen molar-refractivity contribution in [2.75, 3.05) is 5.75 Å². The third-order valence-corrected chi connectivity index (χ3v) is 7.04. The van der Waals surface area contributed by atoms with Crippen LogP contribution in [0.25, 0.3) is 0 Å². The molecule has 0 N–H and O–H groups in total. The lowest BCUT2D eigenvalue weighted by molar-refractivity contribution is -0.134. The second kappa shape index (κ2) is 10.1. The van der Waals surface area contributed by atoms with E-state index in [0.29, 0.717) is 12.1 Å². The largest absolute Gasteiger partial charge is 0.406 e. The third kappa shape index (κ3) is 4.87. The molecule has 0 amide bonds. The summed E-state index contributed by atoms with van der Waals surface area (Å²) < 4.78 is 5.16. The highest BCUT2D eigenvalue weighted by Crippen LogP contribution is 2.46. The molecule has 0 saturated heterocycles. The number of hydrogen-bond acceptors (Lipinski definition) is 5. The lowest BCUT2D eigenvalue weighted by Gasteiger charge is -2.38. The van der Waals surface area contributed by atoms with Crippen LogP contribution >= 0.6 is 11.8 Å². The molecule has 3 rings (SSSR count). The summed E-state index contributed by atoms with van der Waals surface area (Å²) in [6, 6.07) is 8.05. The molecule has 2 aromatic rings. The van der Waals surface area contributed by atoms with E-state index in [1.165, 1.54) is 28.2 Å². The van der Waals surface area contributed by atoms with Crippen molar-refractivity contribution >= 4 is 17.7 Å². The van der Waals surface area contributed by atoms with E-state index in [-0.39, 0.29) is 17.3 Å². The van der Waals surface area contributed by atoms with E-state index >= 15 is 0 Å². The minimum absolute atomic E-state index is 0.217. The fourth-order valence-corrected chi connectivity index (χ4v) is 5.35. The van der Waals surface area contributed by atoms with Gasteiger partial charge in [0.25, 0.3) is 0 Å². The Hall–Kier alpha value is -2.32. The van der Waals surface area contributed by atoms with Crippen LogP contribution in [0.1, 0.15) is 82.2 Å². The van der Waals surface area contributed by atoms with Gasteiger partial charge in [0.15, 0.2) is 0 Å². The van der Waals surface area contributed by atoms with Gasteiger partial charge in [0.1, 0.15) is 5.69 Å². The first-order valence-corrected chi connectivity index (χ1v) is 11.9. The van der Waals surface area contributed by atoms with Crippen molar-refractivity contribution < 1.29 is 9.53 Å². The molecule has 0 saturated carbocycles. The predicted molar refractivity (Wildman–Crippen MR) is 122 cm³/mol. The zero-order valence-electron chi connectivity index (χ0n) is 18.4. The van der Waals surface area contributed by atoms with Crippen LogP contribution in [0.5, 0.6) is 5.88 Å². The highest BCUT2D eigenvalue weighted by atomic mass is 32.2. The number of aryl methyl sites for hydroxylation is 1. The maximum atomic E-state index is 11.6. The van der Waals surface area contributed by atoms with Crippen molar-refractivity contribution in [3.05, 3.63) is 46.6 Å². The number of carbonyl (C=O) groups excluding carboxylic acids is 1. The lowest BCUT2D eigenvalue weighted by atomic mass is 9.72. The SMILES string of the molecule is CCCC(=O)Oc1ccc(C#Cc2cc3c(cc2CC)SCCC3(CC)CC)nn1. The second-order valence-electron chi connectivity index (χ2n) is 7.68. The first-order valence-electron chi connectivity index (χ1n) is 10.9. The molecule has 158 valence electrons. The average Bonchev–Trinajstić information content (AvgIpc) is 2.77. The Kier molecular flexibility index (Phi) is 7.55. The van der Waals surface area contributed by atoms with Crippen molar-refractivity contribution in [3.63, 3.8) is 0 Å². The van der Waals surface area contributed by atoms with E-state index < -0.39 is 0 Å². The zero-order chi connectivity index (χ0) is 21.6. The molecule has 1 aliphatic heterocycles. The van der Waals surface area contributed by atoms with E-state index in [0.717, 1.165) is 31.2 Å². The molecule has 0 aliphatic carbocycles. The number of carbonyl (C=O) groups is 1. The summed E-state index contributed by atoms with van der Waals surface area (Å²) in [5.74, 6) is 7.58. The topological polar surface area (TPSA) is 52.1 Å². The normalized spacial score (nSPS) is 14.4. The van der Waals surface area contributed by atoms with Gasteiger partial charge in [-0.05, 0) is 78.5 Å². The van der Waals surface area contributed by atoms with Gasteiger partial charge in [-0.25, -0.2) is 0 Å². The Balaban J connectivity index is 1.89. The summed E-state index contributed by atoms with van der Waals surface area (Å²) in [7, 11) is 0. The van der Waals surface area contributed by atoms with Crippen LogP contribution in [-0.4, -0.2) is 21.9 Å². The van der Waals surface area contributed by atoms with Gasteiger partial charge in [-0.3, -0.25) is 4.79 Å². The van der Waals surface area contributed by atoms with Gasteiger partial charge < -0.3 is 4.74 Å². The highest BCUT2D eigenvalue weighted by molar-refractivity contribution is 7.99. The van der Waals surface area contributed by atoms with Crippen molar-refractivity contribution in [2.24, 2.45) is 0 Å². The van der Waals surface area contributed by atoms with E-state index in [9.17, 15) is 4.79 Å². The quantitative estimate of drug-likeness (QED) is 0.442. The summed E-state index contributed by atoms with van der Waals surface area (Å²) in [6.07, 6.45) is 5.59. The second-order valence-corrected chi connectivity index (χ2v) is 8.81. The lowest BCUT2D eigenvalue weighted by Crippen LogP contribution is -2.29. The van der Waals surface area contributed by atoms with Crippen molar-refractivity contribution in [3.8, 4) is 17.7 Å². The molecule has 0 unspecified atom stereocenters. The van der Waals surface area contributed by atoms with E-state index in [2.05, 4.69) is 54.9 Å². The molecule has 30 heavy (non-hydrogen) atoms. The Morgan fingerprint density at radius 1 is 1.13 bits per heavy atom. The van der Waals surface area contributed by atoms with Crippen LogP contribution in [0.3, 0.4) is 0 Å². The van der Waals surface area contributed by atoms with Crippen LogP contribution < -0.4 is 4.74 Å². The molecule has 0 radical (unpaired) electrons. The zero-order valence-corrected chi connectivity index (χ0v) is 19.2. The Morgan fingerprint density at radius 2 is 1.93 bits per heavy atom. The molecular weight excluding hydrogens is 392 g/mol. The molecule has 0 atom stereocenters. The number of hydrogen-bond donors (Lipinski definition) is 0. The summed E-state index contributed by atoms with van der Waals surface area (Å²) in [4.78, 5) is 13.0. The predicted octanol–water partition coefficient (Wildman–Crippen LogP) is 5.70. The average molecular weight is 423 g/mol. The third-order valence-electron chi connectivity index (χ3n) is 5.99. The Bertz CT molecular complexity index is 954. The fraction of sp³-hybridized carbons (Fsp3) is 0.480. The summed E-state index contributed by atoms with van der Waals surface area (Å²) in [5, 5.41) is 8.08. The number of benzene rings is 1. The molecule has 0 bridgehead atoms. The molecule has 1 aromatic carbocycles. The number of esters is 1. The van der Waals surface area contributed by atoms with Crippen molar-refractivity contribution in [1.29, 1.82) is 0 Å². The summed E-state index contributed by atoms with van der Waals surface area (Å²) in [5.41, 5.74) is 4.62. The van der Waals surface area contributed by atoms with E-state index in [1.807, 2.05) is 18.7 Å². The van der Waals surface area contributed by atoms with Gasteiger partial charge in [-0.2, -0.15) is 0 Å². The van der Waals surface area contributed by atoms with Gasteiger partial charge in [0.2, 0.25) is 5.88 Å². The molecule has 0 spiro atoms. The fourth-order valence-electron chi connectivity index (χ4n) is 3.98. The Morgan fingerprint density at radius 3 is 2.57 bits per heavy atom. The first kappa shape index (κ1) is 22.4. The van der Waals surface area contributed by atoms with Gasteiger partial charge in [0.05, 0.1) is 0 Å². The van der Waals surface area contributed by atoms with Gasteiger partial charge in [0, 0.05) is 22.9 Å². The maximum absolute atomic E-state index is 11.6. The van der Waals surface area contributed by atoms with Gasteiger partial charge in [-0.1, -0.05) is 33.6 Å². The van der Waals surface area contributed by atoms with Gasteiger partial charge >= 0.3 is 5.97 Å². The number of fused-ring (bicyclic) bond motifs is 1. The van der Waals surface area contributed by atoms with Gasteiger partial charge in [-0.15, -0.1) is 22.0 Å². The number of rotatable bonds is 6. The smallest absolute Gasteiger partial charge is 0.312 e. The summed E-state index contributed by atoms with van der Waals surface area (Å²) >= 11 is 1.97. The summed E-state index contributed by atoms with van der Waals surface area (Å²) in [6.45, 7) is 8.70. The molecule has 0 fully saturated rings. The maximum Gasteiger partial charge on any atom is 0.312 e. The van der Waals surface area contributed by atoms with Crippen LogP contribution in [-0.2, 0) is 16.6 Å². The number of nitrogens with zero attached hydrogens (tertiary/aromatic N) is 2. The highest BCUT2D eigenvalue weighted by Gasteiger charge is 2.34. The number of thioether (sulfide) groups is 1. The van der Waals surface area contributed by atoms with Crippen LogP contribution in [0, 0.1) is 11.8 Å². The minimum Gasteiger partial charge on any atom is -0.406 e. The van der Waals surface area contributed by atoms with Crippen LogP contribution in [0.2, 0.25) is 0 Å². The molecule has 5 heteroatoms. The minimum atomic E-state index is -0.291. The van der Waals surface area contributed by atoms with Crippen LogP contribution in [0.4, 0.5) is 0 Å². The molecule has 1 aliphatic rings. The molecule has 2 heterocycles. The number of aromatic nitrogens is 2. The van der Waals surface area contributed by atoms with Crippen LogP contribution in [0.15, 0.2) is 29.2 Å². The van der Waals surface area contributed by atoms with E-state index in [4.69, 9.17) is 4.74 Å². The Labute approximate surface area is 184 Å². The standard InChI is InChI=1S/C25H30N2O2S/c1-5-9-24(28)29-23-13-12-20(26-27-23)11-10-19-16-21-22(17-18(19)6-2)30-15-14-25(21,7-3)8-4/h12-13,16-17H,5-9,14-15H2,1-4H3. The van der Waals surface area contributed by atoms with Crippen molar-refractivity contribution in [2.45, 2.75) is 76.5 Å². The van der Waals surface area contributed by atoms with E-state index in [1.54, 1.807) is 12.1 Å². The van der Waals surface area contributed by atoms with Crippen molar-refractivity contribution in [1.82, 2.24) is 10.2 Å².